The molecule has 274 valence electrons. The number of benzene rings is 3. The number of methoxy groups -OCH3 is 5. The molecule has 1 heterocycles. The lowest BCUT2D eigenvalue weighted by atomic mass is 10.00. The van der Waals surface area contributed by atoms with Crippen LogP contribution in [0.5, 0.6) is 28.7 Å². The van der Waals surface area contributed by atoms with E-state index in [0.29, 0.717) is 19.3 Å². The van der Waals surface area contributed by atoms with Crippen LogP contribution in [0.4, 0.5) is 9.18 Å². The predicted molar refractivity (Wildman–Crippen MR) is 173 cm³/mol. The van der Waals surface area contributed by atoms with Gasteiger partial charge < -0.3 is 48.4 Å². The third-order valence-electron chi connectivity index (χ3n) is 8.04. The summed E-state index contributed by atoms with van der Waals surface area (Å²) >= 11 is 0. The molecule has 4 rings (SSSR count). The number of hydrogen-bond acceptors (Lipinski definition) is 13. The molecule has 1 saturated heterocycles. The fraction of sp³-hybridized carbons (Fsp3) is 0.371. The van der Waals surface area contributed by atoms with Crippen molar-refractivity contribution in [2.45, 2.75) is 25.3 Å². The van der Waals surface area contributed by atoms with Crippen LogP contribution in [0.25, 0.3) is 0 Å². The van der Waals surface area contributed by atoms with Crippen LogP contribution in [-0.4, -0.2) is 96.7 Å². The molecule has 0 saturated carbocycles. The molecule has 0 spiro atoms. The zero-order valence-corrected chi connectivity index (χ0v) is 28.8. The molecule has 16 heteroatoms. The zero-order chi connectivity index (χ0) is 37.1. The minimum atomic E-state index is -1.68. The molecule has 0 bridgehead atoms. The summed E-state index contributed by atoms with van der Waals surface area (Å²) in [5, 5.41) is 15.4. The van der Waals surface area contributed by atoms with Crippen LogP contribution in [0.15, 0.2) is 48.5 Å². The van der Waals surface area contributed by atoms with E-state index in [1.54, 1.807) is 0 Å². The summed E-state index contributed by atoms with van der Waals surface area (Å²) in [6.45, 7) is -0.802. The van der Waals surface area contributed by atoms with Crippen molar-refractivity contribution in [3.63, 3.8) is 0 Å². The Kier molecular flexibility index (Phi) is 13.1. The molecule has 1 aliphatic heterocycles. The minimum absolute atomic E-state index is 0.00568. The number of ether oxygens (including phenoxy) is 7. The number of ketones is 1. The first-order valence-corrected chi connectivity index (χ1v) is 15.7. The fourth-order valence-corrected chi connectivity index (χ4v) is 5.50. The molecule has 2 atom stereocenters. The van der Waals surface area contributed by atoms with Gasteiger partial charge in [0.25, 0.3) is 5.91 Å². The second kappa shape index (κ2) is 17.5. The predicted octanol–water partition coefficient (Wildman–Crippen LogP) is 3.26. The molecule has 51 heavy (non-hydrogen) atoms. The molecular weight excluding hydrogens is 675 g/mol. The van der Waals surface area contributed by atoms with Gasteiger partial charge in [-0.3, -0.25) is 14.4 Å². The number of halogens is 1. The molecule has 0 aromatic heterocycles. The third kappa shape index (κ3) is 8.83. The number of carboxylic acid groups (broad SMARTS) is 1. The summed E-state index contributed by atoms with van der Waals surface area (Å²) in [5.74, 6) is -2.96. The fourth-order valence-electron chi connectivity index (χ4n) is 5.50. The highest BCUT2D eigenvalue weighted by Gasteiger charge is 2.42. The molecule has 1 aliphatic rings. The van der Waals surface area contributed by atoms with Gasteiger partial charge in [0, 0.05) is 31.8 Å². The van der Waals surface area contributed by atoms with E-state index in [2.05, 4.69) is 5.32 Å². The van der Waals surface area contributed by atoms with Crippen LogP contribution < -0.4 is 34.1 Å². The van der Waals surface area contributed by atoms with E-state index in [1.807, 2.05) is 0 Å². The normalized spacial score (nSPS) is 17.0. The Morgan fingerprint density at radius 3 is 1.96 bits per heavy atom. The maximum absolute atomic E-state index is 15.2. The Morgan fingerprint density at radius 2 is 1.37 bits per heavy atom. The molecule has 2 unspecified atom stereocenters. The summed E-state index contributed by atoms with van der Waals surface area (Å²) in [6.07, 6.45) is -0.446. The largest absolute Gasteiger partial charge is 0.495 e. The lowest BCUT2D eigenvalue weighted by Gasteiger charge is -2.34. The lowest BCUT2D eigenvalue weighted by molar-refractivity contribution is -1.04. The number of hydroxylamine groups is 3. The van der Waals surface area contributed by atoms with E-state index in [9.17, 15) is 24.3 Å². The standard InChI is InChI=1S/C35H39FN2O13/c1-44-19-49-25-13-14-26(46-3)30(36)29(25)31(39)21-9-11-22(12-10-21)34(41)51-38(35(42)43)15-7-6-8-24(18-38)37-33(40)23-16-27(47-4)32(50-20-45-2)28(17-23)48-5/h9-14,16-17,24H,6-8,15,18-20H2,1-5H3,(H-,37,40,42,43). The number of rotatable bonds is 14. The maximum Gasteiger partial charge on any atom is 0.398 e. The van der Waals surface area contributed by atoms with Crippen LogP contribution >= 0.6 is 0 Å². The van der Waals surface area contributed by atoms with E-state index in [4.69, 9.17) is 38.0 Å². The van der Waals surface area contributed by atoms with Crippen molar-refractivity contribution >= 4 is 23.8 Å². The van der Waals surface area contributed by atoms with Crippen LogP contribution in [0.3, 0.4) is 0 Å². The topological polar surface area (TPSA) is 177 Å². The van der Waals surface area contributed by atoms with Crippen molar-refractivity contribution in [1.29, 1.82) is 0 Å². The second-order valence-electron chi connectivity index (χ2n) is 11.3. The van der Waals surface area contributed by atoms with Gasteiger partial charge >= 0.3 is 12.1 Å². The Hall–Kier alpha value is -5.45. The van der Waals surface area contributed by atoms with Crippen molar-refractivity contribution in [1.82, 2.24) is 5.32 Å². The molecule has 15 nitrogen and oxygen atoms in total. The molecular formula is C35H39FN2O13. The molecule has 1 fully saturated rings. The van der Waals surface area contributed by atoms with Crippen molar-refractivity contribution in [2.24, 2.45) is 0 Å². The summed E-state index contributed by atoms with van der Waals surface area (Å²) in [5.41, 5.74) is -0.365. The van der Waals surface area contributed by atoms with Gasteiger partial charge in [-0.15, -0.1) is 0 Å². The summed E-state index contributed by atoms with van der Waals surface area (Å²) in [6, 6.07) is 9.80. The van der Waals surface area contributed by atoms with E-state index in [1.165, 1.54) is 84.1 Å². The van der Waals surface area contributed by atoms with Crippen molar-refractivity contribution in [3.8, 4) is 28.7 Å². The lowest BCUT2D eigenvalue weighted by Crippen LogP contribution is -2.63. The summed E-state index contributed by atoms with van der Waals surface area (Å²) in [4.78, 5) is 58.3. The number of carbonyl (C=O) groups is 4. The van der Waals surface area contributed by atoms with Gasteiger partial charge in [-0.25, -0.2) is 9.18 Å². The highest BCUT2D eigenvalue weighted by Crippen LogP contribution is 2.39. The van der Waals surface area contributed by atoms with Crippen LogP contribution in [0.1, 0.15) is 55.9 Å². The van der Waals surface area contributed by atoms with E-state index < -0.39 is 45.8 Å². The SMILES string of the molecule is COCOc1ccc(OC)c(F)c1C(=O)c1ccc(C(=O)O[N+]2(C(=O)[O-])CCCCC(NC(=O)c3cc(OC)c(OCOC)c(OC)c3)C2)cc1. The molecule has 3 aromatic rings. The van der Waals surface area contributed by atoms with Gasteiger partial charge in [0.2, 0.25) is 5.75 Å². The average molecular weight is 715 g/mol. The number of hydrogen-bond donors (Lipinski definition) is 1. The number of likely N-dealkylation sites (tertiary alicyclic amines) is 1. The first-order valence-electron chi connectivity index (χ1n) is 15.7. The third-order valence-corrected chi connectivity index (χ3v) is 8.04. The summed E-state index contributed by atoms with van der Waals surface area (Å²) in [7, 11) is 6.84. The highest BCUT2D eigenvalue weighted by molar-refractivity contribution is 6.11. The van der Waals surface area contributed by atoms with E-state index in [-0.39, 0.29) is 72.1 Å². The Bertz CT molecular complexity index is 1710. The summed E-state index contributed by atoms with van der Waals surface area (Å²) < 4.78 is 50.4. The Labute approximate surface area is 293 Å². The van der Waals surface area contributed by atoms with Crippen LogP contribution in [0, 0.1) is 5.82 Å². The van der Waals surface area contributed by atoms with Crippen LogP contribution in [-0.2, 0) is 14.3 Å². The van der Waals surface area contributed by atoms with E-state index >= 15 is 4.39 Å². The first-order chi connectivity index (χ1) is 24.5. The maximum atomic E-state index is 15.2. The Morgan fingerprint density at radius 1 is 0.784 bits per heavy atom. The quantitative estimate of drug-likeness (QED) is 0.146. The molecule has 0 aliphatic carbocycles. The van der Waals surface area contributed by atoms with E-state index in [0.717, 1.165) is 0 Å². The monoisotopic (exact) mass is 714 g/mol. The van der Waals surface area contributed by atoms with Crippen molar-refractivity contribution in [2.75, 3.05) is 62.2 Å². The zero-order valence-electron chi connectivity index (χ0n) is 28.8. The number of carbonyl (C=O) groups excluding carboxylic acids is 4. The number of quaternary nitrogens is 1. The number of nitrogens with zero attached hydrogens (tertiary/aromatic N) is 1. The van der Waals surface area contributed by atoms with Gasteiger partial charge in [0.05, 0.1) is 32.9 Å². The Balaban J connectivity index is 1.53. The second-order valence-corrected chi connectivity index (χ2v) is 11.3. The van der Waals surface area contributed by atoms with Crippen molar-refractivity contribution in [3.05, 3.63) is 76.6 Å². The number of amides is 2. The van der Waals surface area contributed by atoms with Gasteiger partial charge in [0.15, 0.2) is 42.4 Å². The van der Waals surface area contributed by atoms with Crippen LogP contribution in [0.2, 0.25) is 0 Å². The molecule has 2 amide bonds. The highest BCUT2D eigenvalue weighted by atomic mass is 19.1. The smallest absolute Gasteiger partial charge is 0.398 e. The minimum Gasteiger partial charge on any atom is -0.495 e. The van der Waals surface area contributed by atoms with Gasteiger partial charge in [0.1, 0.15) is 24.4 Å². The molecule has 3 aromatic carbocycles. The van der Waals surface area contributed by atoms with Gasteiger partial charge in [-0.1, -0.05) is 16.8 Å². The average Bonchev–Trinajstić information content (AvgIpc) is 3.34. The molecule has 1 N–H and O–H groups in total. The first kappa shape index (κ1) is 38.4. The number of nitrogens with one attached hydrogen (secondary N) is 1. The van der Waals surface area contributed by atoms with Gasteiger partial charge in [-0.2, -0.15) is 0 Å². The van der Waals surface area contributed by atoms with Crippen molar-refractivity contribution < 1.29 is 71.3 Å². The molecule has 0 radical (unpaired) electrons. The van der Waals surface area contributed by atoms with Gasteiger partial charge in [-0.05, 0) is 49.2 Å².